The highest BCUT2D eigenvalue weighted by Crippen LogP contribution is 2.35. The van der Waals surface area contributed by atoms with Crippen molar-refractivity contribution in [3.8, 4) is 17.1 Å². The molecule has 0 fully saturated rings. The maximum absolute atomic E-state index is 11.0. The van der Waals surface area contributed by atoms with Crippen LogP contribution in [0.4, 0.5) is 0 Å². The number of hydrogen-bond acceptors (Lipinski definition) is 4. The summed E-state index contributed by atoms with van der Waals surface area (Å²) in [6.07, 6.45) is 2.38. The normalized spacial score (nSPS) is 11.1. The van der Waals surface area contributed by atoms with Gasteiger partial charge in [-0.25, -0.2) is 9.97 Å². The van der Waals surface area contributed by atoms with Gasteiger partial charge in [-0.1, -0.05) is 84.0 Å². The number of hydrogen-bond donors (Lipinski definition) is 1. The largest absolute Gasteiger partial charge is 0.493 e. The molecule has 5 rings (SSSR count). The molecule has 6 heteroatoms. The number of imidazole rings is 1. The predicted octanol–water partition coefficient (Wildman–Crippen LogP) is 6.50. The van der Waals surface area contributed by atoms with Gasteiger partial charge in [-0.2, -0.15) is 0 Å². The molecule has 4 nitrogen and oxygen atoms in total. The van der Waals surface area contributed by atoms with Crippen LogP contribution in [0, 0.1) is 0 Å². The van der Waals surface area contributed by atoms with E-state index in [0.29, 0.717) is 22.8 Å². The summed E-state index contributed by atoms with van der Waals surface area (Å²) >= 11 is 7.54. The molecular formula is C25H18ClN3OS. The molecule has 0 radical (unpaired) electrons. The van der Waals surface area contributed by atoms with Gasteiger partial charge in [0, 0.05) is 28.1 Å². The fourth-order valence-corrected chi connectivity index (χ4v) is 4.39. The number of halogens is 1. The van der Waals surface area contributed by atoms with Crippen molar-refractivity contribution in [2.45, 2.75) is 16.3 Å². The lowest BCUT2D eigenvalue weighted by atomic mass is 10.1. The second-order valence-corrected chi connectivity index (χ2v) is 8.59. The fourth-order valence-electron chi connectivity index (χ4n) is 3.39. The second-order valence-electron chi connectivity index (χ2n) is 7.09. The molecule has 2 aromatic heterocycles. The van der Waals surface area contributed by atoms with E-state index in [1.54, 1.807) is 4.40 Å². The van der Waals surface area contributed by atoms with E-state index in [1.807, 2.05) is 91.1 Å². The number of nitrogens with zero attached hydrogens (tertiary/aromatic N) is 3. The van der Waals surface area contributed by atoms with Crippen LogP contribution in [-0.4, -0.2) is 19.5 Å². The van der Waals surface area contributed by atoms with E-state index in [1.165, 1.54) is 11.8 Å². The fraction of sp³-hybridized carbons (Fsp3) is 0.0400. The Kier molecular flexibility index (Phi) is 5.37. The van der Waals surface area contributed by atoms with Crippen molar-refractivity contribution in [2.75, 3.05) is 0 Å². The molecule has 1 N–H and O–H groups in total. The van der Waals surface area contributed by atoms with Gasteiger partial charge >= 0.3 is 0 Å². The van der Waals surface area contributed by atoms with E-state index in [0.717, 1.165) is 26.7 Å². The summed E-state index contributed by atoms with van der Waals surface area (Å²) in [6.45, 7) is 0. The Labute approximate surface area is 189 Å². The zero-order valence-corrected chi connectivity index (χ0v) is 18.0. The maximum atomic E-state index is 11.0. The van der Waals surface area contributed by atoms with Crippen molar-refractivity contribution in [1.29, 1.82) is 0 Å². The Balaban J connectivity index is 1.64. The molecule has 0 bridgehead atoms. The number of benzene rings is 3. The summed E-state index contributed by atoms with van der Waals surface area (Å²) in [5, 5.41) is 12.4. The second kappa shape index (κ2) is 8.46. The molecule has 0 aliphatic carbocycles. The molecule has 0 saturated heterocycles. The van der Waals surface area contributed by atoms with Gasteiger partial charge < -0.3 is 5.11 Å². The summed E-state index contributed by atoms with van der Waals surface area (Å²) in [7, 11) is 0. The van der Waals surface area contributed by atoms with Gasteiger partial charge in [0.05, 0.1) is 5.69 Å². The first-order chi connectivity index (χ1) is 15.2. The lowest BCUT2D eigenvalue weighted by molar-refractivity contribution is 0.442. The van der Waals surface area contributed by atoms with Crippen LogP contribution in [-0.2, 0) is 6.42 Å². The first kappa shape index (κ1) is 19.7. The van der Waals surface area contributed by atoms with Crippen LogP contribution >= 0.6 is 23.4 Å². The standard InChI is InChI=1S/C25H18ClN3OS/c26-19-11-13-20(14-12-19)31-24-23-27-21(15-17-7-3-1-4-8-17)25(30)29(23)16-22(28-24)18-9-5-2-6-10-18/h1-14,16,30H,15H2. The molecule has 0 amide bonds. The van der Waals surface area contributed by atoms with Gasteiger partial charge in [-0.15, -0.1) is 0 Å². The van der Waals surface area contributed by atoms with E-state index >= 15 is 0 Å². The molecule has 2 heterocycles. The SMILES string of the molecule is Oc1c(Cc2ccccc2)nc2c(Sc3ccc(Cl)cc3)nc(-c3ccccc3)cn12. The maximum Gasteiger partial charge on any atom is 0.219 e. The molecular weight excluding hydrogens is 426 g/mol. The Hall–Kier alpha value is -3.28. The average molecular weight is 444 g/mol. The number of aromatic hydroxyl groups is 1. The Morgan fingerprint density at radius 1 is 0.839 bits per heavy atom. The summed E-state index contributed by atoms with van der Waals surface area (Å²) < 4.78 is 1.73. The minimum Gasteiger partial charge on any atom is -0.493 e. The van der Waals surface area contributed by atoms with Crippen LogP contribution in [0.1, 0.15) is 11.3 Å². The summed E-state index contributed by atoms with van der Waals surface area (Å²) in [4.78, 5) is 10.6. The van der Waals surface area contributed by atoms with Gasteiger partial charge in [0.25, 0.3) is 0 Å². The smallest absolute Gasteiger partial charge is 0.219 e. The minimum absolute atomic E-state index is 0.136. The molecule has 3 aromatic carbocycles. The van der Waals surface area contributed by atoms with Crippen molar-refractivity contribution in [3.63, 3.8) is 0 Å². The van der Waals surface area contributed by atoms with Crippen LogP contribution in [0.5, 0.6) is 5.88 Å². The Morgan fingerprint density at radius 3 is 2.23 bits per heavy atom. The first-order valence-electron chi connectivity index (χ1n) is 9.81. The van der Waals surface area contributed by atoms with Gasteiger partial charge in [0.2, 0.25) is 5.88 Å². The highest BCUT2D eigenvalue weighted by Gasteiger charge is 2.18. The summed E-state index contributed by atoms with van der Waals surface area (Å²) in [6, 6.07) is 27.5. The molecule has 31 heavy (non-hydrogen) atoms. The van der Waals surface area contributed by atoms with Crippen LogP contribution < -0.4 is 0 Å². The average Bonchev–Trinajstić information content (AvgIpc) is 3.12. The molecule has 0 unspecified atom stereocenters. The third-order valence-electron chi connectivity index (χ3n) is 4.93. The zero-order chi connectivity index (χ0) is 21.2. The van der Waals surface area contributed by atoms with Crippen LogP contribution in [0.15, 0.2) is 101 Å². The summed E-state index contributed by atoms with van der Waals surface area (Å²) in [5.74, 6) is 0.136. The van der Waals surface area contributed by atoms with Gasteiger partial charge in [0.1, 0.15) is 10.7 Å². The minimum atomic E-state index is 0.136. The van der Waals surface area contributed by atoms with Crippen molar-refractivity contribution < 1.29 is 5.11 Å². The Bertz CT molecular complexity index is 1340. The lowest BCUT2D eigenvalue weighted by Crippen LogP contribution is -1.95. The molecule has 0 aliphatic rings. The predicted molar refractivity (Wildman–Crippen MR) is 125 cm³/mol. The van der Waals surface area contributed by atoms with E-state index in [4.69, 9.17) is 21.6 Å². The molecule has 0 atom stereocenters. The van der Waals surface area contributed by atoms with E-state index in [2.05, 4.69) is 0 Å². The molecule has 0 spiro atoms. The highest BCUT2D eigenvalue weighted by molar-refractivity contribution is 7.99. The van der Waals surface area contributed by atoms with E-state index in [9.17, 15) is 5.11 Å². The topological polar surface area (TPSA) is 50.4 Å². The molecule has 0 saturated carbocycles. The van der Waals surface area contributed by atoms with Crippen LogP contribution in [0.25, 0.3) is 16.9 Å². The first-order valence-corrected chi connectivity index (χ1v) is 11.0. The van der Waals surface area contributed by atoms with Crippen molar-refractivity contribution in [3.05, 3.63) is 107 Å². The Morgan fingerprint density at radius 2 is 1.52 bits per heavy atom. The molecule has 152 valence electrons. The third-order valence-corrected chi connectivity index (χ3v) is 6.16. The number of fused-ring (bicyclic) bond motifs is 1. The highest BCUT2D eigenvalue weighted by atomic mass is 35.5. The van der Waals surface area contributed by atoms with Crippen LogP contribution in [0.3, 0.4) is 0 Å². The quantitative estimate of drug-likeness (QED) is 0.337. The number of aromatic nitrogens is 3. The van der Waals surface area contributed by atoms with E-state index in [-0.39, 0.29) is 5.88 Å². The van der Waals surface area contributed by atoms with E-state index < -0.39 is 0 Å². The molecule has 0 aliphatic heterocycles. The number of rotatable bonds is 5. The zero-order valence-electron chi connectivity index (χ0n) is 16.4. The van der Waals surface area contributed by atoms with Gasteiger partial charge in [-0.05, 0) is 29.8 Å². The van der Waals surface area contributed by atoms with Crippen molar-refractivity contribution >= 4 is 29.0 Å². The van der Waals surface area contributed by atoms with Crippen molar-refractivity contribution in [1.82, 2.24) is 14.4 Å². The summed E-state index contributed by atoms with van der Waals surface area (Å²) in [5.41, 5.74) is 4.08. The van der Waals surface area contributed by atoms with Crippen LogP contribution in [0.2, 0.25) is 5.02 Å². The molecule has 5 aromatic rings. The van der Waals surface area contributed by atoms with Gasteiger partial charge in [0.15, 0.2) is 5.65 Å². The van der Waals surface area contributed by atoms with Gasteiger partial charge in [-0.3, -0.25) is 4.40 Å². The monoisotopic (exact) mass is 443 g/mol. The van der Waals surface area contributed by atoms with Crippen molar-refractivity contribution in [2.24, 2.45) is 0 Å². The lowest BCUT2D eigenvalue weighted by Gasteiger charge is -2.08. The third kappa shape index (κ3) is 4.15.